The molecule has 1 aliphatic heterocycles. The number of hydrogen-bond acceptors (Lipinski definition) is 5. The molecular weight excluding hydrogens is 286 g/mol. The molecule has 1 aromatic heterocycles. The first-order valence-corrected chi connectivity index (χ1v) is 7.70. The Morgan fingerprint density at radius 3 is 2.53 bits per heavy atom. The van der Waals surface area contributed by atoms with Crippen LogP contribution in [0.25, 0.3) is 0 Å². The quantitative estimate of drug-likeness (QED) is 0.754. The number of nitrogens with two attached hydrogens (primary N) is 1. The van der Waals surface area contributed by atoms with Crippen LogP contribution in [0.15, 0.2) is 23.2 Å². The van der Waals surface area contributed by atoms with Crippen molar-refractivity contribution in [2.24, 2.45) is 5.73 Å². The van der Waals surface area contributed by atoms with Gasteiger partial charge >= 0.3 is 0 Å². The number of aromatic nitrogens is 1. The molecule has 2 heterocycles. The van der Waals surface area contributed by atoms with Gasteiger partial charge in [0, 0.05) is 19.3 Å². The van der Waals surface area contributed by atoms with Crippen LogP contribution in [0.1, 0.15) is 18.5 Å². The van der Waals surface area contributed by atoms with Crippen molar-refractivity contribution in [2.45, 2.75) is 23.8 Å². The zero-order valence-corrected chi connectivity index (χ0v) is 11.8. The molecule has 0 amide bonds. The van der Waals surface area contributed by atoms with E-state index in [0.717, 1.165) is 0 Å². The van der Waals surface area contributed by atoms with Crippen LogP contribution < -0.4 is 5.73 Å². The van der Waals surface area contributed by atoms with Gasteiger partial charge in [-0.3, -0.25) is 4.98 Å². The molecule has 2 rings (SSSR count). The smallest absolute Gasteiger partial charge is 0.244 e. The predicted molar refractivity (Wildman–Crippen MR) is 74.1 cm³/mol. The summed E-state index contributed by atoms with van der Waals surface area (Å²) in [5, 5.41) is 9.40. The van der Waals surface area contributed by atoms with Crippen LogP contribution >= 0.6 is 12.2 Å². The zero-order valence-electron chi connectivity index (χ0n) is 10.2. The lowest BCUT2D eigenvalue weighted by Crippen LogP contribution is -2.40. The second-order valence-corrected chi connectivity index (χ2v) is 6.76. The average Bonchev–Trinajstić information content (AvgIpc) is 2.39. The molecule has 19 heavy (non-hydrogen) atoms. The number of pyridine rings is 1. The summed E-state index contributed by atoms with van der Waals surface area (Å²) in [7, 11) is -3.55. The summed E-state index contributed by atoms with van der Waals surface area (Å²) in [6.45, 7) is 0.640. The van der Waals surface area contributed by atoms with Crippen LogP contribution in [-0.2, 0) is 10.0 Å². The molecular formula is C11H15N3O3S2. The Morgan fingerprint density at radius 2 is 2.05 bits per heavy atom. The lowest BCUT2D eigenvalue weighted by atomic mass is 10.1. The van der Waals surface area contributed by atoms with Crippen molar-refractivity contribution < 1.29 is 13.5 Å². The second kappa shape index (κ2) is 5.49. The minimum Gasteiger partial charge on any atom is -0.393 e. The van der Waals surface area contributed by atoms with Gasteiger partial charge in [0.2, 0.25) is 10.0 Å². The monoisotopic (exact) mass is 301 g/mol. The third kappa shape index (κ3) is 3.08. The normalized spacial score (nSPS) is 18.4. The van der Waals surface area contributed by atoms with E-state index in [9.17, 15) is 13.5 Å². The molecule has 0 bridgehead atoms. The minimum absolute atomic E-state index is 0.115. The molecule has 6 nitrogen and oxygen atoms in total. The largest absolute Gasteiger partial charge is 0.393 e. The number of thiocarbonyl (C=S) groups is 1. The highest BCUT2D eigenvalue weighted by Gasteiger charge is 2.28. The lowest BCUT2D eigenvalue weighted by molar-refractivity contribution is 0.113. The van der Waals surface area contributed by atoms with Gasteiger partial charge in [-0.05, 0) is 25.0 Å². The van der Waals surface area contributed by atoms with Gasteiger partial charge in [0.25, 0.3) is 0 Å². The summed E-state index contributed by atoms with van der Waals surface area (Å²) in [4.78, 5) is 4.18. The fourth-order valence-electron chi connectivity index (χ4n) is 1.91. The van der Waals surface area contributed by atoms with Gasteiger partial charge in [-0.25, -0.2) is 8.42 Å². The number of aliphatic hydroxyl groups is 1. The maximum absolute atomic E-state index is 12.3. The molecule has 104 valence electrons. The molecule has 1 aliphatic rings. The Morgan fingerprint density at radius 1 is 1.42 bits per heavy atom. The molecule has 1 fully saturated rings. The van der Waals surface area contributed by atoms with Crippen molar-refractivity contribution in [1.29, 1.82) is 0 Å². The zero-order chi connectivity index (χ0) is 14.0. The van der Waals surface area contributed by atoms with Gasteiger partial charge < -0.3 is 10.8 Å². The van der Waals surface area contributed by atoms with Gasteiger partial charge in [-0.2, -0.15) is 4.31 Å². The summed E-state index contributed by atoms with van der Waals surface area (Å²) in [5.74, 6) is 0. The summed E-state index contributed by atoms with van der Waals surface area (Å²) in [6, 6.07) is 2.94. The summed E-state index contributed by atoms with van der Waals surface area (Å²) in [6.07, 6.45) is 1.76. The van der Waals surface area contributed by atoms with Crippen LogP contribution in [0.5, 0.6) is 0 Å². The molecule has 0 aliphatic carbocycles. The summed E-state index contributed by atoms with van der Waals surface area (Å²) >= 11 is 4.76. The highest BCUT2D eigenvalue weighted by Crippen LogP contribution is 2.20. The minimum atomic E-state index is -3.55. The number of rotatable bonds is 3. The molecule has 1 saturated heterocycles. The Labute approximate surface area is 117 Å². The maximum atomic E-state index is 12.3. The van der Waals surface area contributed by atoms with E-state index in [2.05, 4.69) is 4.98 Å². The van der Waals surface area contributed by atoms with Crippen LogP contribution in [0.2, 0.25) is 0 Å². The van der Waals surface area contributed by atoms with E-state index in [4.69, 9.17) is 18.0 Å². The molecule has 0 spiro atoms. The van der Waals surface area contributed by atoms with Gasteiger partial charge in [0.05, 0.1) is 11.8 Å². The number of aliphatic hydroxyl groups excluding tert-OH is 1. The van der Waals surface area contributed by atoms with Crippen molar-refractivity contribution in [3.8, 4) is 0 Å². The Bertz CT molecular complexity index is 563. The van der Waals surface area contributed by atoms with Crippen molar-refractivity contribution in [3.63, 3.8) is 0 Å². The SMILES string of the molecule is NC(=S)c1ccc(S(=O)(=O)N2CCC(O)CC2)cn1. The number of sulfonamides is 1. The number of piperidine rings is 1. The van der Waals surface area contributed by atoms with Crippen molar-refractivity contribution in [1.82, 2.24) is 9.29 Å². The van der Waals surface area contributed by atoms with Crippen LogP contribution in [-0.4, -0.2) is 47.0 Å². The fourth-order valence-corrected chi connectivity index (χ4v) is 3.45. The van der Waals surface area contributed by atoms with Crippen molar-refractivity contribution >= 4 is 27.2 Å². The van der Waals surface area contributed by atoms with Crippen molar-refractivity contribution in [2.75, 3.05) is 13.1 Å². The molecule has 0 radical (unpaired) electrons. The Hall–Kier alpha value is -1.09. The van der Waals surface area contributed by atoms with Gasteiger partial charge in [0.15, 0.2) is 0 Å². The first-order chi connectivity index (χ1) is 8.91. The van der Waals surface area contributed by atoms with Crippen molar-refractivity contribution in [3.05, 3.63) is 24.0 Å². The van der Waals surface area contributed by atoms with E-state index in [1.165, 1.54) is 22.6 Å². The van der Waals surface area contributed by atoms with Gasteiger partial charge in [-0.1, -0.05) is 12.2 Å². The van der Waals surface area contributed by atoms with Gasteiger partial charge in [0.1, 0.15) is 9.88 Å². The molecule has 0 atom stereocenters. The van der Waals surface area contributed by atoms with E-state index in [1.54, 1.807) is 0 Å². The third-order valence-electron chi connectivity index (χ3n) is 3.05. The first-order valence-electron chi connectivity index (χ1n) is 5.85. The summed E-state index contributed by atoms with van der Waals surface area (Å²) in [5.41, 5.74) is 5.80. The Kier molecular flexibility index (Phi) is 4.14. The van der Waals surface area contributed by atoms with Crippen LogP contribution in [0, 0.1) is 0 Å². The average molecular weight is 301 g/mol. The first kappa shape index (κ1) is 14.3. The fraction of sp³-hybridized carbons (Fsp3) is 0.455. The third-order valence-corrected chi connectivity index (χ3v) is 5.14. The topological polar surface area (TPSA) is 96.5 Å². The Balaban J connectivity index is 2.22. The highest BCUT2D eigenvalue weighted by molar-refractivity contribution is 7.89. The molecule has 8 heteroatoms. The van der Waals surface area contributed by atoms with E-state index < -0.39 is 16.1 Å². The molecule has 0 unspecified atom stereocenters. The van der Waals surface area contributed by atoms with E-state index in [0.29, 0.717) is 31.6 Å². The van der Waals surface area contributed by atoms with E-state index in [-0.39, 0.29) is 9.88 Å². The number of hydrogen-bond donors (Lipinski definition) is 2. The molecule has 0 saturated carbocycles. The highest BCUT2D eigenvalue weighted by atomic mass is 32.2. The number of nitrogens with zero attached hydrogens (tertiary/aromatic N) is 2. The van der Waals surface area contributed by atoms with E-state index >= 15 is 0 Å². The summed E-state index contributed by atoms with van der Waals surface area (Å²) < 4.78 is 26.0. The van der Waals surface area contributed by atoms with Gasteiger partial charge in [-0.15, -0.1) is 0 Å². The molecule has 3 N–H and O–H groups in total. The second-order valence-electron chi connectivity index (χ2n) is 4.38. The van der Waals surface area contributed by atoms with E-state index in [1.807, 2.05) is 0 Å². The maximum Gasteiger partial charge on any atom is 0.244 e. The predicted octanol–water partition coefficient (Wildman–Crippen LogP) is -0.139. The van der Waals surface area contributed by atoms with Crippen LogP contribution in [0.3, 0.4) is 0 Å². The standard InChI is InChI=1S/C11H15N3O3S2/c12-11(18)10-2-1-9(7-13-10)19(16,17)14-5-3-8(15)4-6-14/h1-2,7-8,15H,3-6H2,(H2,12,18). The molecule has 1 aromatic rings. The van der Waals surface area contributed by atoms with Crippen LogP contribution in [0.4, 0.5) is 0 Å². The molecule has 0 aromatic carbocycles. The lowest BCUT2D eigenvalue weighted by Gasteiger charge is -2.28.